The number of furan rings is 1. The number of fused-ring (bicyclic) bond motifs is 1. The molecular weight excluding hydrogens is 316 g/mol. The van der Waals surface area contributed by atoms with E-state index in [2.05, 4.69) is 0 Å². The van der Waals surface area contributed by atoms with Gasteiger partial charge in [-0.1, -0.05) is 0 Å². The van der Waals surface area contributed by atoms with Crippen LogP contribution in [0.3, 0.4) is 0 Å². The molecule has 0 atom stereocenters. The minimum absolute atomic E-state index is 0.153. The van der Waals surface area contributed by atoms with Gasteiger partial charge < -0.3 is 23.4 Å². The van der Waals surface area contributed by atoms with Gasteiger partial charge in [-0.25, -0.2) is 9.59 Å². The maximum atomic E-state index is 12.2. The Morgan fingerprint density at radius 1 is 1.17 bits per heavy atom. The van der Waals surface area contributed by atoms with Gasteiger partial charge in [-0.2, -0.15) is 0 Å². The topological polar surface area (TPSA) is 84.2 Å². The summed E-state index contributed by atoms with van der Waals surface area (Å²) in [7, 11) is 1.53. The average Bonchev–Trinajstić information content (AvgIpc) is 2.88. The van der Waals surface area contributed by atoms with Gasteiger partial charge in [0.05, 0.1) is 13.2 Å². The standard InChI is InChI=1S/C17H20O7/c1-4-21-15(18)10-23-12-5-6-14-13(9-12)16(11(2)24-14)17(19)22-8-7-20-3/h5-6,9H,4,7-8,10H2,1-3H3. The quantitative estimate of drug-likeness (QED) is 0.541. The Bertz CT molecular complexity index is 717. The number of hydrogen-bond donors (Lipinski definition) is 0. The van der Waals surface area contributed by atoms with E-state index in [0.29, 0.717) is 41.3 Å². The summed E-state index contributed by atoms with van der Waals surface area (Å²) in [5, 5.41) is 0.566. The van der Waals surface area contributed by atoms with Gasteiger partial charge in [0.15, 0.2) is 6.61 Å². The monoisotopic (exact) mass is 336 g/mol. The minimum Gasteiger partial charge on any atom is -0.482 e. The van der Waals surface area contributed by atoms with Gasteiger partial charge in [0.25, 0.3) is 0 Å². The van der Waals surface area contributed by atoms with Crippen LogP contribution in [-0.2, 0) is 19.0 Å². The maximum Gasteiger partial charge on any atom is 0.344 e. The molecule has 0 aliphatic carbocycles. The highest BCUT2D eigenvalue weighted by Crippen LogP contribution is 2.29. The molecule has 7 nitrogen and oxygen atoms in total. The Labute approximate surface area is 139 Å². The molecule has 0 saturated heterocycles. The fourth-order valence-electron chi connectivity index (χ4n) is 2.18. The fourth-order valence-corrected chi connectivity index (χ4v) is 2.18. The van der Waals surface area contributed by atoms with Gasteiger partial charge in [0, 0.05) is 12.5 Å². The minimum atomic E-state index is -0.495. The molecule has 0 amide bonds. The predicted octanol–water partition coefficient (Wildman–Crippen LogP) is 2.49. The molecule has 2 rings (SSSR count). The SMILES string of the molecule is CCOC(=O)COc1ccc2oc(C)c(C(=O)OCCOC)c2c1. The van der Waals surface area contributed by atoms with Crippen molar-refractivity contribution in [3.05, 3.63) is 29.5 Å². The smallest absolute Gasteiger partial charge is 0.344 e. The molecule has 2 aromatic rings. The Hall–Kier alpha value is -2.54. The number of benzene rings is 1. The molecule has 0 bridgehead atoms. The van der Waals surface area contributed by atoms with Crippen LogP contribution in [-0.4, -0.2) is 45.5 Å². The molecule has 0 N–H and O–H groups in total. The third kappa shape index (κ3) is 4.26. The average molecular weight is 336 g/mol. The van der Waals surface area contributed by atoms with Crippen molar-refractivity contribution in [1.82, 2.24) is 0 Å². The van der Waals surface area contributed by atoms with Gasteiger partial charge in [0.2, 0.25) is 0 Å². The zero-order valence-electron chi connectivity index (χ0n) is 13.9. The number of esters is 2. The lowest BCUT2D eigenvalue weighted by Crippen LogP contribution is -2.14. The molecule has 130 valence electrons. The predicted molar refractivity (Wildman–Crippen MR) is 85.2 cm³/mol. The Kier molecular flexibility index (Phi) is 6.20. The van der Waals surface area contributed by atoms with Gasteiger partial charge in [-0.15, -0.1) is 0 Å². The Morgan fingerprint density at radius 3 is 2.67 bits per heavy atom. The van der Waals surface area contributed by atoms with E-state index in [9.17, 15) is 9.59 Å². The second kappa shape index (κ2) is 8.35. The fraction of sp³-hybridized carbons (Fsp3) is 0.412. The first-order chi connectivity index (χ1) is 11.6. The van der Waals surface area contributed by atoms with E-state index < -0.39 is 11.9 Å². The highest BCUT2D eigenvalue weighted by atomic mass is 16.6. The van der Waals surface area contributed by atoms with Crippen LogP contribution in [0.15, 0.2) is 22.6 Å². The highest BCUT2D eigenvalue weighted by Gasteiger charge is 2.20. The van der Waals surface area contributed by atoms with Crippen molar-refractivity contribution in [2.45, 2.75) is 13.8 Å². The summed E-state index contributed by atoms with van der Waals surface area (Å²) in [5.74, 6) is -0.0664. The third-order valence-electron chi connectivity index (χ3n) is 3.22. The molecule has 0 aliphatic rings. The first-order valence-corrected chi connectivity index (χ1v) is 7.54. The number of aryl methyl sites for hydroxylation is 1. The summed E-state index contributed by atoms with van der Waals surface area (Å²) in [4.78, 5) is 23.6. The van der Waals surface area contributed by atoms with E-state index in [1.165, 1.54) is 7.11 Å². The second-order valence-corrected chi connectivity index (χ2v) is 4.91. The summed E-state index contributed by atoms with van der Waals surface area (Å²) in [5.41, 5.74) is 0.873. The molecule has 1 aromatic carbocycles. The van der Waals surface area contributed by atoms with Gasteiger partial charge in [-0.05, 0) is 32.0 Å². The van der Waals surface area contributed by atoms with Crippen molar-refractivity contribution in [3.63, 3.8) is 0 Å². The van der Waals surface area contributed by atoms with Gasteiger partial charge in [-0.3, -0.25) is 0 Å². The van der Waals surface area contributed by atoms with E-state index in [0.717, 1.165) is 0 Å². The van der Waals surface area contributed by atoms with Crippen molar-refractivity contribution >= 4 is 22.9 Å². The molecule has 0 radical (unpaired) electrons. The van der Waals surface area contributed by atoms with E-state index in [4.69, 9.17) is 23.4 Å². The van der Waals surface area contributed by atoms with E-state index in [-0.39, 0.29) is 13.2 Å². The Morgan fingerprint density at radius 2 is 1.96 bits per heavy atom. The number of methoxy groups -OCH3 is 1. The zero-order valence-corrected chi connectivity index (χ0v) is 13.9. The number of carbonyl (C=O) groups excluding carboxylic acids is 2. The largest absolute Gasteiger partial charge is 0.482 e. The Balaban J connectivity index is 2.19. The van der Waals surface area contributed by atoms with Gasteiger partial charge in [0.1, 0.15) is 29.3 Å². The summed E-state index contributed by atoms with van der Waals surface area (Å²) in [6.45, 7) is 3.96. The first kappa shape index (κ1) is 17.8. The number of ether oxygens (including phenoxy) is 4. The first-order valence-electron chi connectivity index (χ1n) is 7.54. The highest BCUT2D eigenvalue weighted by molar-refractivity contribution is 6.04. The molecule has 24 heavy (non-hydrogen) atoms. The summed E-state index contributed by atoms with van der Waals surface area (Å²) >= 11 is 0. The van der Waals surface area contributed by atoms with Gasteiger partial charge >= 0.3 is 11.9 Å². The van der Waals surface area contributed by atoms with Crippen LogP contribution in [0, 0.1) is 6.92 Å². The number of carbonyl (C=O) groups is 2. The molecule has 1 aromatic heterocycles. The van der Waals surface area contributed by atoms with Crippen LogP contribution >= 0.6 is 0 Å². The molecular formula is C17H20O7. The lowest BCUT2D eigenvalue weighted by molar-refractivity contribution is -0.145. The van der Waals surface area contributed by atoms with E-state index in [1.807, 2.05) is 0 Å². The number of rotatable bonds is 8. The number of hydrogen-bond acceptors (Lipinski definition) is 7. The molecule has 0 saturated carbocycles. The van der Waals surface area contributed by atoms with Crippen LogP contribution in [0.2, 0.25) is 0 Å². The van der Waals surface area contributed by atoms with Crippen molar-refractivity contribution in [2.24, 2.45) is 0 Å². The lowest BCUT2D eigenvalue weighted by atomic mass is 10.1. The molecule has 0 fully saturated rings. The van der Waals surface area contributed by atoms with Crippen molar-refractivity contribution in [2.75, 3.05) is 33.5 Å². The summed E-state index contributed by atoms with van der Waals surface area (Å²) in [6.07, 6.45) is 0. The lowest BCUT2D eigenvalue weighted by Gasteiger charge is -2.06. The van der Waals surface area contributed by atoms with Crippen molar-refractivity contribution < 1.29 is 33.0 Å². The molecule has 0 unspecified atom stereocenters. The van der Waals surface area contributed by atoms with Crippen LogP contribution in [0.25, 0.3) is 11.0 Å². The maximum absolute atomic E-state index is 12.2. The van der Waals surface area contributed by atoms with Crippen LogP contribution < -0.4 is 4.74 Å². The third-order valence-corrected chi connectivity index (χ3v) is 3.22. The van der Waals surface area contributed by atoms with Crippen LogP contribution in [0.5, 0.6) is 5.75 Å². The molecule has 0 spiro atoms. The normalized spacial score (nSPS) is 10.6. The van der Waals surface area contributed by atoms with E-state index in [1.54, 1.807) is 32.0 Å². The summed E-state index contributed by atoms with van der Waals surface area (Å²) in [6, 6.07) is 4.97. The van der Waals surface area contributed by atoms with Crippen LogP contribution in [0.4, 0.5) is 0 Å². The zero-order chi connectivity index (χ0) is 17.5. The molecule has 0 aliphatic heterocycles. The van der Waals surface area contributed by atoms with Crippen LogP contribution in [0.1, 0.15) is 23.0 Å². The van der Waals surface area contributed by atoms with E-state index >= 15 is 0 Å². The molecule has 7 heteroatoms. The summed E-state index contributed by atoms with van der Waals surface area (Å²) < 4.78 is 25.8. The molecule has 1 heterocycles. The van der Waals surface area contributed by atoms with Crippen molar-refractivity contribution in [1.29, 1.82) is 0 Å². The van der Waals surface area contributed by atoms with Crippen molar-refractivity contribution in [3.8, 4) is 5.75 Å². The second-order valence-electron chi connectivity index (χ2n) is 4.91.